The van der Waals surface area contributed by atoms with Gasteiger partial charge in [-0.15, -0.1) is 0 Å². The zero-order chi connectivity index (χ0) is 17.5. The molecule has 0 unspecified atom stereocenters. The van der Waals surface area contributed by atoms with Crippen LogP contribution in [-0.4, -0.2) is 41.6 Å². The molecule has 1 heterocycles. The van der Waals surface area contributed by atoms with Crippen LogP contribution in [0.15, 0.2) is 42.6 Å². The van der Waals surface area contributed by atoms with E-state index in [0.717, 1.165) is 0 Å². The van der Waals surface area contributed by atoms with Gasteiger partial charge in [-0.2, -0.15) is 0 Å². The maximum Gasteiger partial charge on any atom is 0.336 e. The van der Waals surface area contributed by atoms with Crippen molar-refractivity contribution in [2.45, 2.75) is 6.42 Å². The number of hydrogen-bond donors (Lipinski definition) is 2. The molecule has 7 heteroatoms. The SMILES string of the molecule is COC(=O)CCNC(=O)c1ccc(-c2ccccc2C(=O)O)cn1. The fourth-order valence-corrected chi connectivity index (χ4v) is 2.08. The van der Waals surface area contributed by atoms with Crippen LogP contribution in [0, 0.1) is 0 Å². The van der Waals surface area contributed by atoms with Gasteiger partial charge in [-0.25, -0.2) is 4.79 Å². The predicted octanol–water partition coefficient (Wildman–Crippen LogP) is 1.74. The first-order valence-corrected chi connectivity index (χ1v) is 7.16. The molecule has 24 heavy (non-hydrogen) atoms. The molecule has 0 radical (unpaired) electrons. The smallest absolute Gasteiger partial charge is 0.336 e. The summed E-state index contributed by atoms with van der Waals surface area (Å²) in [5.41, 5.74) is 1.46. The van der Waals surface area contributed by atoms with Crippen LogP contribution >= 0.6 is 0 Å². The molecule has 7 nitrogen and oxygen atoms in total. The van der Waals surface area contributed by atoms with Crippen molar-refractivity contribution in [3.05, 3.63) is 53.9 Å². The van der Waals surface area contributed by atoms with Gasteiger partial charge in [0, 0.05) is 18.3 Å². The van der Waals surface area contributed by atoms with E-state index in [1.54, 1.807) is 24.3 Å². The maximum atomic E-state index is 11.9. The van der Waals surface area contributed by atoms with E-state index in [9.17, 15) is 19.5 Å². The Morgan fingerprint density at radius 2 is 1.92 bits per heavy atom. The van der Waals surface area contributed by atoms with Gasteiger partial charge in [0.2, 0.25) is 0 Å². The van der Waals surface area contributed by atoms with Gasteiger partial charge in [-0.3, -0.25) is 14.6 Å². The second-order valence-corrected chi connectivity index (χ2v) is 4.86. The zero-order valence-corrected chi connectivity index (χ0v) is 13.0. The fraction of sp³-hybridized carbons (Fsp3) is 0.176. The Bertz CT molecular complexity index is 756. The molecule has 0 atom stereocenters. The van der Waals surface area contributed by atoms with Crippen molar-refractivity contribution >= 4 is 17.8 Å². The third-order valence-corrected chi connectivity index (χ3v) is 3.31. The van der Waals surface area contributed by atoms with Gasteiger partial charge in [0.15, 0.2) is 0 Å². The number of ether oxygens (including phenoxy) is 1. The summed E-state index contributed by atoms with van der Waals surface area (Å²) in [6, 6.07) is 9.69. The van der Waals surface area contributed by atoms with Gasteiger partial charge in [-0.1, -0.05) is 24.3 Å². The van der Waals surface area contributed by atoms with Crippen molar-refractivity contribution in [2.24, 2.45) is 0 Å². The van der Waals surface area contributed by atoms with Crippen LogP contribution in [0.2, 0.25) is 0 Å². The number of aromatic carboxylic acids is 1. The summed E-state index contributed by atoms with van der Waals surface area (Å²) < 4.78 is 4.48. The van der Waals surface area contributed by atoms with E-state index >= 15 is 0 Å². The topological polar surface area (TPSA) is 106 Å². The minimum Gasteiger partial charge on any atom is -0.478 e. The van der Waals surface area contributed by atoms with Crippen molar-refractivity contribution in [2.75, 3.05) is 13.7 Å². The zero-order valence-electron chi connectivity index (χ0n) is 13.0. The number of nitrogens with zero attached hydrogens (tertiary/aromatic N) is 1. The molecule has 0 spiro atoms. The third-order valence-electron chi connectivity index (χ3n) is 3.31. The molecule has 0 fully saturated rings. The van der Waals surface area contributed by atoms with Crippen molar-refractivity contribution in [1.29, 1.82) is 0 Å². The lowest BCUT2D eigenvalue weighted by Crippen LogP contribution is -2.27. The number of pyridine rings is 1. The monoisotopic (exact) mass is 328 g/mol. The quantitative estimate of drug-likeness (QED) is 0.783. The Morgan fingerprint density at radius 1 is 1.17 bits per heavy atom. The first kappa shape index (κ1) is 17.1. The van der Waals surface area contributed by atoms with Gasteiger partial charge in [0.25, 0.3) is 5.91 Å². The van der Waals surface area contributed by atoms with Crippen molar-refractivity contribution in [3.63, 3.8) is 0 Å². The van der Waals surface area contributed by atoms with Gasteiger partial charge in [-0.05, 0) is 17.7 Å². The molecule has 0 aliphatic carbocycles. The van der Waals surface area contributed by atoms with Crippen LogP contribution in [0.25, 0.3) is 11.1 Å². The number of carboxylic acid groups (broad SMARTS) is 1. The fourth-order valence-electron chi connectivity index (χ4n) is 2.08. The highest BCUT2D eigenvalue weighted by atomic mass is 16.5. The number of aromatic nitrogens is 1. The van der Waals surface area contributed by atoms with E-state index in [1.807, 2.05) is 0 Å². The number of carbonyl (C=O) groups excluding carboxylic acids is 2. The number of esters is 1. The van der Waals surface area contributed by atoms with E-state index in [2.05, 4.69) is 15.0 Å². The van der Waals surface area contributed by atoms with Crippen LogP contribution in [0.5, 0.6) is 0 Å². The average molecular weight is 328 g/mol. The van der Waals surface area contributed by atoms with Gasteiger partial charge < -0.3 is 15.2 Å². The van der Waals surface area contributed by atoms with Crippen molar-refractivity contribution in [1.82, 2.24) is 10.3 Å². The Balaban J connectivity index is 2.10. The second-order valence-electron chi connectivity index (χ2n) is 4.86. The van der Waals surface area contributed by atoms with E-state index in [1.165, 1.54) is 25.4 Å². The molecular weight excluding hydrogens is 312 g/mol. The van der Waals surface area contributed by atoms with Crippen molar-refractivity contribution < 1.29 is 24.2 Å². The average Bonchev–Trinajstić information content (AvgIpc) is 2.61. The lowest BCUT2D eigenvalue weighted by atomic mass is 10.0. The Hall–Kier alpha value is -3.22. The van der Waals surface area contributed by atoms with Crippen LogP contribution < -0.4 is 5.32 Å². The lowest BCUT2D eigenvalue weighted by molar-refractivity contribution is -0.140. The summed E-state index contributed by atoms with van der Waals surface area (Å²) in [4.78, 5) is 38.2. The van der Waals surface area contributed by atoms with Gasteiger partial charge in [0.1, 0.15) is 5.69 Å². The molecule has 124 valence electrons. The van der Waals surface area contributed by atoms with Crippen LogP contribution in [0.4, 0.5) is 0 Å². The number of carbonyl (C=O) groups is 3. The summed E-state index contributed by atoms with van der Waals surface area (Å²) >= 11 is 0. The molecule has 0 bridgehead atoms. The number of rotatable bonds is 6. The summed E-state index contributed by atoms with van der Waals surface area (Å²) in [6.07, 6.45) is 1.52. The highest BCUT2D eigenvalue weighted by Gasteiger charge is 2.13. The highest BCUT2D eigenvalue weighted by molar-refractivity contribution is 5.96. The summed E-state index contributed by atoms with van der Waals surface area (Å²) in [5, 5.41) is 11.8. The minimum atomic E-state index is -1.03. The lowest BCUT2D eigenvalue weighted by Gasteiger charge is -2.07. The number of methoxy groups -OCH3 is 1. The Labute approximate surface area is 138 Å². The van der Waals surface area contributed by atoms with E-state index in [-0.39, 0.29) is 24.2 Å². The molecule has 2 N–H and O–H groups in total. The first-order valence-electron chi connectivity index (χ1n) is 7.16. The second kappa shape index (κ2) is 7.87. The molecule has 2 aromatic rings. The molecule has 1 amide bonds. The molecule has 0 saturated heterocycles. The summed E-state index contributed by atoms with van der Waals surface area (Å²) in [5.74, 6) is -1.86. The number of carboxylic acids is 1. The standard InChI is InChI=1S/C17H16N2O5/c1-24-15(20)8-9-18-16(21)14-7-6-11(10-19-14)12-4-2-3-5-13(12)17(22)23/h2-7,10H,8-9H2,1H3,(H,18,21)(H,22,23). The van der Waals surface area contributed by atoms with E-state index in [4.69, 9.17) is 0 Å². The molecule has 2 rings (SSSR count). The molecule has 1 aromatic carbocycles. The van der Waals surface area contributed by atoms with Crippen LogP contribution in [-0.2, 0) is 9.53 Å². The van der Waals surface area contributed by atoms with Crippen LogP contribution in [0.3, 0.4) is 0 Å². The third kappa shape index (κ3) is 4.16. The number of nitrogens with one attached hydrogen (secondary N) is 1. The van der Waals surface area contributed by atoms with E-state index < -0.39 is 17.8 Å². The summed E-state index contributed by atoms with van der Waals surface area (Å²) in [6.45, 7) is 0.150. The number of amides is 1. The molecule has 0 aliphatic rings. The van der Waals surface area contributed by atoms with Crippen LogP contribution in [0.1, 0.15) is 27.3 Å². The van der Waals surface area contributed by atoms with Crippen molar-refractivity contribution in [3.8, 4) is 11.1 Å². The maximum absolute atomic E-state index is 11.9. The summed E-state index contributed by atoms with van der Waals surface area (Å²) in [7, 11) is 1.28. The van der Waals surface area contributed by atoms with Gasteiger partial charge >= 0.3 is 11.9 Å². The molecule has 0 aliphatic heterocycles. The molecule has 1 aromatic heterocycles. The number of hydrogen-bond acceptors (Lipinski definition) is 5. The molecule has 0 saturated carbocycles. The van der Waals surface area contributed by atoms with Gasteiger partial charge in [0.05, 0.1) is 19.1 Å². The predicted molar refractivity (Wildman–Crippen MR) is 85.6 cm³/mol. The highest BCUT2D eigenvalue weighted by Crippen LogP contribution is 2.23. The first-order chi connectivity index (χ1) is 11.5. The van der Waals surface area contributed by atoms with E-state index in [0.29, 0.717) is 11.1 Å². The largest absolute Gasteiger partial charge is 0.478 e. The Kier molecular flexibility index (Phi) is 5.62. The number of benzene rings is 1. The minimum absolute atomic E-state index is 0.0757. The normalized spacial score (nSPS) is 10.0. The molecular formula is C17H16N2O5. The Morgan fingerprint density at radius 3 is 2.54 bits per heavy atom.